The lowest BCUT2D eigenvalue weighted by Gasteiger charge is -2.37. The Morgan fingerprint density at radius 2 is 1.50 bits per heavy atom. The largest absolute Gasteiger partial charge is 0.493 e. The predicted octanol–water partition coefficient (Wildman–Crippen LogP) is 5.53. The van der Waals surface area contributed by atoms with Crippen LogP contribution in [-0.2, 0) is 18.4 Å². The molecule has 2 aromatic carbocycles. The number of methoxy groups -OCH3 is 4. The van der Waals surface area contributed by atoms with Crippen molar-refractivity contribution in [3.8, 4) is 40.6 Å². The molecular weight excluding hydrogens is 484 g/mol. The lowest BCUT2D eigenvalue weighted by Crippen LogP contribution is -2.38. The molecule has 0 saturated carbocycles. The topological polar surface area (TPSA) is 82.4 Å². The molecule has 0 radical (unpaired) electrons. The maximum atomic E-state index is 10.1. The number of rotatable bonds is 13. The minimum absolute atomic E-state index is 0.280. The summed E-state index contributed by atoms with van der Waals surface area (Å²) >= 11 is 0. The Labute approximate surface area is 227 Å². The van der Waals surface area contributed by atoms with Crippen LogP contribution in [0.15, 0.2) is 18.2 Å². The van der Waals surface area contributed by atoms with Crippen LogP contribution in [0.25, 0.3) is 0 Å². The molecule has 2 aromatic rings. The molecule has 0 amide bonds. The van der Waals surface area contributed by atoms with Crippen LogP contribution in [0.1, 0.15) is 56.7 Å². The standard InChI is InChI=1S/C30H42N2O6/c1-9-37-26-22-17-21(32(4)18-23(22)27(38-10-2)29(36-8)28(26)35-7)12-11-15-30(3,19-31)20-13-14-24(33-5)25(16-20)34-6/h13-14,16,21H,9-12,15,17-18H2,1-8H3. The number of hydrogen-bond acceptors (Lipinski definition) is 8. The van der Waals surface area contributed by atoms with Crippen molar-refractivity contribution in [1.29, 1.82) is 5.26 Å². The first-order valence-electron chi connectivity index (χ1n) is 13.2. The van der Waals surface area contributed by atoms with E-state index < -0.39 is 5.41 Å². The lowest BCUT2D eigenvalue weighted by molar-refractivity contribution is 0.186. The third kappa shape index (κ3) is 5.73. The highest BCUT2D eigenvalue weighted by atomic mass is 16.5. The molecule has 208 valence electrons. The zero-order valence-electron chi connectivity index (χ0n) is 24.1. The average molecular weight is 527 g/mol. The number of likely N-dealkylation sites (N-methyl/N-ethyl adjacent to an activating group) is 1. The van der Waals surface area contributed by atoms with Crippen LogP contribution in [-0.4, -0.2) is 59.6 Å². The van der Waals surface area contributed by atoms with Gasteiger partial charge >= 0.3 is 0 Å². The van der Waals surface area contributed by atoms with E-state index >= 15 is 0 Å². The number of benzene rings is 2. The molecule has 0 bridgehead atoms. The van der Waals surface area contributed by atoms with Gasteiger partial charge in [0.05, 0.1) is 53.1 Å². The highest BCUT2D eigenvalue weighted by Gasteiger charge is 2.35. The minimum Gasteiger partial charge on any atom is -0.493 e. The van der Waals surface area contributed by atoms with Gasteiger partial charge in [0, 0.05) is 23.7 Å². The Balaban J connectivity index is 1.86. The van der Waals surface area contributed by atoms with Gasteiger partial charge in [0.15, 0.2) is 23.0 Å². The first-order valence-corrected chi connectivity index (χ1v) is 13.2. The van der Waals surface area contributed by atoms with E-state index in [-0.39, 0.29) is 6.04 Å². The zero-order chi connectivity index (χ0) is 27.9. The molecule has 8 heteroatoms. The summed E-state index contributed by atoms with van der Waals surface area (Å²) in [5, 5.41) is 10.1. The number of nitrogens with zero attached hydrogens (tertiary/aromatic N) is 2. The third-order valence-electron chi connectivity index (χ3n) is 7.47. The van der Waals surface area contributed by atoms with Gasteiger partial charge in [-0.25, -0.2) is 0 Å². The van der Waals surface area contributed by atoms with Crippen molar-refractivity contribution in [2.24, 2.45) is 0 Å². The number of ether oxygens (including phenoxy) is 6. The quantitative estimate of drug-likeness (QED) is 0.337. The summed E-state index contributed by atoms with van der Waals surface area (Å²) in [6.45, 7) is 7.68. The fraction of sp³-hybridized carbons (Fsp3) is 0.567. The molecule has 0 spiro atoms. The molecule has 38 heavy (non-hydrogen) atoms. The van der Waals surface area contributed by atoms with Gasteiger partial charge in [-0.1, -0.05) is 6.07 Å². The van der Waals surface area contributed by atoms with Crippen LogP contribution in [0, 0.1) is 11.3 Å². The van der Waals surface area contributed by atoms with E-state index in [1.807, 2.05) is 39.0 Å². The van der Waals surface area contributed by atoms with Crippen LogP contribution >= 0.6 is 0 Å². The van der Waals surface area contributed by atoms with E-state index in [0.29, 0.717) is 42.8 Å². The molecule has 0 saturated heterocycles. The fourth-order valence-corrected chi connectivity index (χ4v) is 5.33. The van der Waals surface area contributed by atoms with Gasteiger partial charge in [-0.2, -0.15) is 5.26 Å². The molecule has 1 aliphatic heterocycles. The summed E-state index contributed by atoms with van der Waals surface area (Å²) < 4.78 is 34.5. The molecule has 0 fully saturated rings. The second kappa shape index (κ2) is 13.0. The van der Waals surface area contributed by atoms with E-state index in [2.05, 4.69) is 18.0 Å². The maximum absolute atomic E-state index is 10.1. The summed E-state index contributed by atoms with van der Waals surface area (Å²) in [5.74, 6) is 3.89. The van der Waals surface area contributed by atoms with Gasteiger partial charge in [0.1, 0.15) is 0 Å². The Morgan fingerprint density at radius 3 is 2.03 bits per heavy atom. The maximum Gasteiger partial charge on any atom is 0.207 e. The molecule has 2 unspecified atom stereocenters. The van der Waals surface area contributed by atoms with Gasteiger partial charge in [-0.05, 0) is 71.2 Å². The average Bonchev–Trinajstić information content (AvgIpc) is 2.93. The van der Waals surface area contributed by atoms with Crippen LogP contribution in [0.4, 0.5) is 0 Å². The van der Waals surface area contributed by atoms with Crippen LogP contribution in [0.5, 0.6) is 34.5 Å². The SMILES string of the molecule is CCOc1c2c(c(OCC)c(OC)c1OC)CN(C)C(CCCC(C)(C#N)c1ccc(OC)c(OC)c1)C2. The molecule has 3 rings (SSSR count). The van der Waals surface area contributed by atoms with Crippen LogP contribution < -0.4 is 28.4 Å². The highest BCUT2D eigenvalue weighted by molar-refractivity contribution is 5.68. The van der Waals surface area contributed by atoms with Gasteiger partial charge in [0.2, 0.25) is 11.5 Å². The second-order valence-electron chi connectivity index (χ2n) is 9.73. The summed E-state index contributed by atoms with van der Waals surface area (Å²) in [4.78, 5) is 2.35. The van der Waals surface area contributed by atoms with Crippen molar-refractivity contribution in [3.05, 3.63) is 34.9 Å². The lowest BCUT2D eigenvalue weighted by atomic mass is 9.78. The van der Waals surface area contributed by atoms with E-state index in [1.54, 1.807) is 28.4 Å². The first kappa shape index (κ1) is 29.2. The highest BCUT2D eigenvalue weighted by Crippen LogP contribution is 2.52. The van der Waals surface area contributed by atoms with Crippen molar-refractivity contribution >= 4 is 0 Å². The van der Waals surface area contributed by atoms with E-state index in [9.17, 15) is 5.26 Å². The molecule has 1 heterocycles. The molecule has 1 aliphatic rings. The third-order valence-corrected chi connectivity index (χ3v) is 7.47. The summed E-state index contributed by atoms with van der Waals surface area (Å²) in [6, 6.07) is 8.56. The molecular formula is C30H42N2O6. The number of hydrogen-bond donors (Lipinski definition) is 0. The molecule has 0 N–H and O–H groups in total. The minimum atomic E-state index is -0.639. The van der Waals surface area contributed by atoms with Crippen molar-refractivity contribution in [1.82, 2.24) is 4.90 Å². The summed E-state index contributed by atoms with van der Waals surface area (Å²) in [7, 11) is 8.62. The smallest absolute Gasteiger partial charge is 0.207 e. The number of fused-ring (bicyclic) bond motifs is 1. The number of nitriles is 1. The van der Waals surface area contributed by atoms with Gasteiger partial charge < -0.3 is 28.4 Å². The van der Waals surface area contributed by atoms with E-state index in [0.717, 1.165) is 53.9 Å². The van der Waals surface area contributed by atoms with Crippen molar-refractivity contribution in [2.75, 3.05) is 48.7 Å². The van der Waals surface area contributed by atoms with Gasteiger partial charge in [-0.3, -0.25) is 4.90 Å². The van der Waals surface area contributed by atoms with Crippen molar-refractivity contribution in [2.45, 2.75) is 64.5 Å². The fourth-order valence-electron chi connectivity index (χ4n) is 5.33. The van der Waals surface area contributed by atoms with Gasteiger partial charge in [-0.15, -0.1) is 0 Å². The van der Waals surface area contributed by atoms with Crippen molar-refractivity contribution in [3.63, 3.8) is 0 Å². The Hall–Kier alpha value is -3.31. The summed E-state index contributed by atoms with van der Waals surface area (Å²) in [5.41, 5.74) is 2.48. The molecule has 8 nitrogen and oxygen atoms in total. The Morgan fingerprint density at radius 1 is 0.895 bits per heavy atom. The first-order chi connectivity index (χ1) is 18.3. The molecule has 0 aromatic heterocycles. The summed E-state index contributed by atoms with van der Waals surface area (Å²) in [6.07, 6.45) is 3.34. The second-order valence-corrected chi connectivity index (χ2v) is 9.73. The van der Waals surface area contributed by atoms with Crippen LogP contribution in [0.3, 0.4) is 0 Å². The predicted molar refractivity (Wildman–Crippen MR) is 147 cm³/mol. The van der Waals surface area contributed by atoms with Gasteiger partial charge in [0.25, 0.3) is 0 Å². The zero-order valence-corrected chi connectivity index (χ0v) is 24.1. The van der Waals surface area contributed by atoms with E-state index in [4.69, 9.17) is 28.4 Å². The van der Waals surface area contributed by atoms with Crippen molar-refractivity contribution < 1.29 is 28.4 Å². The normalized spacial score (nSPS) is 16.6. The molecule has 0 aliphatic carbocycles. The Bertz CT molecular complexity index is 1140. The van der Waals surface area contributed by atoms with Crippen LogP contribution in [0.2, 0.25) is 0 Å². The monoisotopic (exact) mass is 526 g/mol. The van der Waals surface area contributed by atoms with E-state index in [1.165, 1.54) is 0 Å². The Kier molecular flexibility index (Phi) is 9.98. The molecule has 2 atom stereocenters.